The summed E-state index contributed by atoms with van der Waals surface area (Å²) in [7, 11) is 0. The largest absolute Gasteiger partial charge is 0.399 e. The Hall–Kier alpha value is -2.55. The molecule has 0 radical (unpaired) electrons. The van der Waals surface area contributed by atoms with Crippen molar-refractivity contribution in [3.05, 3.63) is 44.8 Å². The predicted molar refractivity (Wildman–Crippen MR) is 102 cm³/mol. The SMILES string of the molecule is CCCCc1ccc([C@H]2[C@H]3CCCC=C3C(C#N)=C(N)C2(C#N)C#N)s1. The van der Waals surface area contributed by atoms with Crippen LogP contribution in [0.3, 0.4) is 0 Å². The second-order valence-electron chi connectivity index (χ2n) is 7.01. The summed E-state index contributed by atoms with van der Waals surface area (Å²) in [6, 6.07) is 10.7. The van der Waals surface area contributed by atoms with E-state index in [9.17, 15) is 15.8 Å². The van der Waals surface area contributed by atoms with Crippen molar-refractivity contribution in [3.63, 3.8) is 0 Å². The smallest absolute Gasteiger partial charge is 0.192 e. The zero-order valence-electron chi connectivity index (χ0n) is 15.0. The predicted octanol–water partition coefficient (Wildman–Crippen LogP) is 4.68. The highest BCUT2D eigenvalue weighted by atomic mass is 32.1. The topological polar surface area (TPSA) is 97.4 Å². The van der Waals surface area contributed by atoms with Crippen LogP contribution in [0.4, 0.5) is 0 Å². The van der Waals surface area contributed by atoms with Crippen LogP contribution in [-0.4, -0.2) is 0 Å². The first-order chi connectivity index (χ1) is 12.6. The van der Waals surface area contributed by atoms with E-state index in [0.717, 1.165) is 49.0 Å². The molecule has 0 aliphatic heterocycles. The Kier molecular flexibility index (Phi) is 5.17. The van der Waals surface area contributed by atoms with Crippen LogP contribution in [-0.2, 0) is 6.42 Å². The summed E-state index contributed by atoms with van der Waals surface area (Å²) < 4.78 is 0. The lowest BCUT2D eigenvalue weighted by atomic mass is 9.58. The fourth-order valence-electron chi connectivity index (χ4n) is 4.23. The van der Waals surface area contributed by atoms with Gasteiger partial charge in [-0.2, -0.15) is 15.8 Å². The zero-order valence-corrected chi connectivity index (χ0v) is 15.8. The molecule has 2 N–H and O–H groups in total. The van der Waals surface area contributed by atoms with E-state index in [1.54, 1.807) is 11.3 Å². The molecule has 0 unspecified atom stereocenters. The van der Waals surface area contributed by atoms with Gasteiger partial charge in [0.2, 0.25) is 0 Å². The molecule has 3 rings (SSSR count). The van der Waals surface area contributed by atoms with Crippen LogP contribution in [0.25, 0.3) is 0 Å². The molecule has 1 aromatic heterocycles. The molecule has 2 aliphatic rings. The quantitative estimate of drug-likeness (QED) is 0.840. The number of unbranched alkanes of at least 4 members (excludes halogenated alkanes) is 1. The molecule has 0 aromatic carbocycles. The molecular formula is C21H22N4S. The Morgan fingerprint density at radius 1 is 1.27 bits per heavy atom. The Morgan fingerprint density at radius 2 is 2.04 bits per heavy atom. The van der Waals surface area contributed by atoms with Crippen LogP contribution in [0, 0.1) is 45.3 Å². The van der Waals surface area contributed by atoms with Crippen LogP contribution >= 0.6 is 11.3 Å². The number of hydrogen-bond donors (Lipinski definition) is 1. The Morgan fingerprint density at radius 3 is 2.69 bits per heavy atom. The van der Waals surface area contributed by atoms with Gasteiger partial charge in [-0.05, 0) is 55.7 Å². The highest BCUT2D eigenvalue weighted by Crippen LogP contribution is 2.56. The van der Waals surface area contributed by atoms with Crippen molar-refractivity contribution in [2.24, 2.45) is 17.1 Å². The fourth-order valence-corrected chi connectivity index (χ4v) is 5.52. The summed E-state index contributed by atoms with van der Waals surface area (Å²) in [5, 5.41) is 29.6. The van der Waals surface area contributed by atoms with Crippen molar-refractivity contribution in [3.8, 4) is 18.2 Å². The van der Waals surface area contributed by atoms with Crippen molar-refractivity contribution in [1.29, 1.82) is 15.8 Å². The number of rotatable bonds is 4. The van der Waals surface area contributed by atoms with Crippen LogP contribution < -0.4 is 5.73 Å². The lowest BCUT2D eigenvalue weighted by Gasteiger charge is -2.42. The first kappa shape index (κ1) is 18.2. The molecule has 26 heavy (non-hydrogen) atoms. The molecule has 0 amide bonds. The van der Waals surface area contributed by atoms with Gasteiger partial charge in [-0.3, -0.25) is 0 Å². The highest BCUT2D eigenvalue weighted by Gasteiger charge is 2.54. The van der Waals surface area contributed by atoms with Gasteiger partial charge in [-0.1, -0.05) is 19.4 Å². The summed E-state index contributed by atoms with van der Waals surface area (Å²) in [6.45, 7) is 2.17. The molecule has 0 bridgehead atoms. The maximum atomic E-state index is 9.98. The van der Waals surface area contributed by atoms with Crippen molar-refractivity contribution in [2.45, 2.75) is 51.4 Å². The zero-order chi connectivity index (χ0) is 18.7. The van der Waals surface area contributed by atoms with Gasteiger partial charge >= 0.3 is 0 Å². The molecule has 0 fully saturated rings. The fraction of sp³-hybridized carbons (Fsp3) is 0.476. The second-order valence-corrected chi connectivity index (χ2v) is 8.21. The molecule has 1 heterocycles. The van der Waals surface area contributed by atoms with Crippen LogP contribution in [0.2, 0.25) is 0 Å². The lowest BCUT2D eigenvalue weighted by molar-refractivity contribution is 0.321. The monoisotopic (exact) mass is 362 g/mol. The number of aryl methyl sites for hydroxylation is 1. The maximum absolute atomic E-state index is 9.98. The molecule has 2 aliphatic carbocycles. The Bertz CT molecular complexity index is 870. The normalized spacial score (nSPS) is 24.0. The second kappa shape index (κ2) is 7.36. The van der Waals surface area contributed by atoms with Gasteiger partial charge in [0.25, 0.3) is 0 Å². The summed E-state index contributed by atoms with van der Waals surface area (Å²) >= 11 is 1.69. The minimum absolute atomic E-state index is 0.00248. The van der Waals surface area contributed by atoms with E-state index in [-0.39, 0.29) is 17.5 Å². The van der Waals surface area contributed by atoms with Crippen LogP contribution in [0.5, 0.6) is 0 Å². The number of nitrogens with two attached hydrogens (primary N) is 1. The third-order valence-electron chi connectivity index (χ3n) is 5.56. The number of nitrogens with zero attached hydrogens (tertiary/aromatic N) is 3. The first-order valence-electron chi connectivity index (χ1n) is 9.14. The third-order valence-corrected chi connectivity index (χ3v) is 6.79. The van der Waals surface area contributed by atoms with E-state index in [2.05, 4.69) is 43.3 Å². The molecule has 0 saturated carbocycles. The Labute approximate surface area is 158 Å². The molecule has 4 nitrogen and oxygen atoms in total. The van der Waals surface area contributed by atoms with E-state index in [1.165, 1.54) is 4.88 Å². The average molecular weight is 363 g/mol. The standard InChI is InChI=1S/C21H22N4S/c1-2-3-6-14-9-10-18(26-14)19-16-8-5-4-7-15(16)17(11-22)20(25)21(19,12-23)13-24/h7,9-10,16,19H,2-6,8,25H2,1H3/t16-,19+/m0/s1. The van der Waals surface area contributed by atoms with Crippen molar-refractivity contribution < 1.29 is 0 Å². The summed E-state index contributed by atoms with van der Waals surface area (Å²) in [5.41, 5.74) is 6.22. The first-order valence-corrected chi connectivity index (χ1v) is 9.96. The minimum Gasteiger partial charge on any atom is -0.399 e. The van der Waals surface area contributed by atoms with Crippen molar-refractivity contribution in [1.82, 2.24) is 0 Å². The van der Waals surface area contributed by atoms with E-state index >= 15 is 0 Å². The van der Waals surface area contributed by atoms with E-state index in [4.69, 9.17) is 5.73 Å². The molecular weight excluding hydrogens is 340 g/mol. The number of nitriles is 3. The summed E-state index contributed by atoms with van der Waals surface area (Å²) in [6.07, 6.45) is 8.15. The van der Waals surface area contributed by atoms with E-state index < -0.39 is 5.41 Å². The number of allylic oxidation sites excluding steroid dienone is 4. The van der Waals surface area contributed by atoms with Gasteiger partial charge in [0.1, 0.15) is 6.07 Å². The van der Waals surface area contributed by atoms with Gasteiger partial charge in [-0.15, -0.1) is 11.3 Å². The van der Waals surface area contributed by atoms with Gasteiger partial charge in [0.15, 0.2) is 5.41 Å². The minimum atomic E-state index is -1.47. The lowest BCUT2D eigenvalue weighted by Crippen LogP contribution is -2.42. The summed E-state index contributed by atoms with van der Waals surface area (Å²) in [5.74, 6) is -0.302. The molecule has 2 atom stereocenters. The van der Waals surface area contributed by atoms with Gasteiger partial charge in [0, 0.05) is 15.7 Å². The van der Waals surface area contributed by atoms with Crippen LogP contribution in [0.1, 0.15) is 54.7 Å². The van der Waals surface area contributed by atoms with Gasteiger partial charge in [0.05, 0.1) is 23.4 Å². The number of fused-ring (bicyclic) bond motifs is 1. The Balaban J connectivity index is 2.17. The molecule has 0 spiro atoms. The van der Waals surface area contributed by atoms with Gasteiger partial charge < -0.3 is 5.73 Å². The van der Waals surface area contributed by atoms with Crippen molar-refractivity contribution in [2.75, 3.05) is 0 Å². The van der Waals surface area contributed by atoms with E-state index in [1.807, 2.05) is 0 Å². The van der Waals surface area contributed by atoms with E-state index in [0.29, 0.717) is 5.57 Å². The van der Waals surface area contributed by atoms with Crippen molar-refractivity contribution >= 4 is 11.3 Å². The molecule has 0 saturated heterocycles. The number of hydrogen-bond acceptors (Lipinski definition) is 5. The van der Waals surface area contributed by atoms with Crippen LogP contribution in [0.15, 0.2) is 35.1 Å². The average Bonchev–Trinajstić information content (AvgIpc) is 3.14. The maximum Gasteiger partial charge on any atom is 0.192 e. The highest BCUT2D eigenvalue weighted by molar-refractivity contribution is 7.12. The molecule has 5 heteroatoms. The third kappa shape index (κ3) is 2.72. The molecule has 1 aromatic rings. The van der Waals surface area contributed by atoms with Gasteiger partial charge in [-0.25, -0.2) is 0 Å². The summed E-state index contributed by atoms with van der Waals surface area (Å²) in [4.78, 5) is 2.32. The number of thiophene rings is 1. The molecule has 132 valence electrons.